The number of hydrogen-bond acceptors (Lipinski definition) is 7. The second kappa shape index (κ2) is 5.83. The number of nitrogens with zero attached hydrogens (tertiary/aromatic N) is 3. The summed E-state index contributed by atoms with van der Waals surface area (Å²) in [7, 11) is -1.66. The molecule has 9 heteroatoms. The van der Waals surface area contributed by atoms with E-state index in [0.29, 0.717) is 6.61 Å². The van der Waals surface area contributed by atoms with Gasteiger partial charge in [0.05, 0.1) is 12.8 Å². The topological polar surface area (TPSA) is 76.9 Å². The Bertz CT molecular complexity index is 686. The highest BCUT2D eigenvalue weighted by Gasteiger charge is 2.59. The zero-order valence-corrected chi connectivity index (χ0v) is 17.6. The van der Waals surface area contributed by atoms with Crippen LogP contribution < -0.4 is 5.32 Å². The summed E-state index contributed by atoms with van der Waals surface area (Å²) in [6.07, 6.45) is 0.660. The second-order valence-corrected chi connectivity index (χ2v) is 14.3. The predicted octanol–water partition coefficient (Wildman–Crippen LogP) is 1.39. The van der Waals surface area contributed by atoms with Gasteiger partial charge in [-0.3, -0.25) is 0 Å². The summed E-state index contributed by atoms with van der Waals surface area (Å²) in [6, 6.07) is -0.173. The van der Waals surface area contributed by atoms with E-state index >= 15 is 0 Å². The minimum Gasteiger partial charge on any atom is -0.348 e. The molecule has 3 aliphatic rings. The van der Waals surface area contributed by atoms with Crippen LogP contribution in [0.1, 0.15) is 33.7 Å². The molecule has 0 bridgehead atoms. The van der Waals surface area contributed by atoms with Gasteiger partial charge in [-0.1, -0.05) is 24.9 Å². The first-order valence-electron chi connectivity index (χ1n) is 9.20. The largest absolute Gasteiger partial charge is 0.348 e. The molecule has 3 fully saturated rings. The Morgan fingerprint density at radius 1 is 1.04 bits per heavy atom. The molecule has 1 aromatic rings. The van der Waals surface area contributed by atoms with E-state index in [9.17, 15) is 0 Å². The highest BCUT2D eigenvalue weighted by Crippen LogP contribution is 2.45. The van der Waals surface area contributed by atoms with Crippen LogP contribution in [0, 0.1) is 0 Å². The third-order valence-corrected chi connectivity index (χ3v) is 6.97. The van der Waals surface area contributed by atoms with Crippen molar-refractivity contribution < 1.29 is 23.7 Å². The van der Waals surface area contributed by atoms with Crippen LogP contribution in [0.15, 0.2) is 6.20 Å². The molecule has 0 spiro atoms. The average Bonchev–Trinajstić information content (AvgIpc) is 3.18. The molecule has 3 aliphatic heterocycles. The molecule has 0 saturated carbocycles. The normalized spacial score (nSPS) is 38.7. The van der Waals surface area contributed by atoms with Gasteiger partial charge in [-0.25, -0.2) is 4.68 Å². The number of hydrogen-bond donors (Lipinski definition) is 0. The lowest BCUT2D eigenvalue weighted by Crippen LogP contribution is -2.49. The van der Waals surface area contributed by atoms with Crippen molar-refractivity contribution in [2.45, 2.75) is 89.6 Å². The second-order valence-electron chi connectivity index (χ2n) is 9.24. The minimum absolute atomic E-state index is 0.173. The van der Waals surface area contributed by atoms with Gasteiger partial charge in [0, 0.05) is 5.32 Å². The van der Waals surface area contributed by atoms with Crippen molar-refractivity contribution in [1.82, 2.24) is 15.0 Å². The fraction of sp³-hybridized carbons (Fsp3) is 0.882. The summed E-state index contributed by atoms with van der Waals surface area (Å²) in [5, 5.41) is 9.77. The van der Waals surface area contributed by atoms with E-state index in [1.165, 1.54) is 0 Å². The van der Waals surface area contributed by atoms with E-state index in [1.54, 1.807) is 0 Å². The molecule has 8 nitrogen and oxygen atoms in total. The quantitative estimate of drug-likeness (QED) is 0.730. The van der Waals surface area contributed by atoms with Crippen molar-refractivity contribution in [3.8, 4) is 0 Å². The van der Waals surface area contributed by atoms with Crippen molar-refractivity contribution in [2.75, 3.05) is 6.61 Å². The van der Waals surface area contributed by atoms with E-state index in [4.69, 9.17) is 23.7 Å². The van der Waals surface area contributed by atoms with Crippen LogP contribution in [-0.2, 0) is 23.7 Å². The van der Waals surface area contributed by atoms with Gasteiger partial charge >= 0.3 is 0 Å². The van der Waals surface area contributed by atoms with Crippen molar-refractivity contribution in [3.05, 3.63) is 6.20 Å². The third-order valence-electron chi connectivity index (χ3n) is 5.08. The molecule has 0 unspecified atom stereocenters. The maximum absolute atomic E-state index is 6.28. The fourth-order valence-electron chi connectivity index (χ4n) is 3.98. The Hall–Kier alpha value is -0.843. The first kappa shape index (κ1) is 18.5. The zero-order chi connectivity index (χ0) is 18.9. The number of rotatable bonds is 3. The lowest BCUT2D eigenvalue weighted by molar-refractivity contribution is -0.226. The Labute approximate surface area is 155 Å². The zero-order valence-electron chi connectivity index (χ0n) is 16.6. The van der Waals surface area contributed by atoms with Gasteiger partial charge < -0.3 is 23.7 Å². The molecular formula is C17H29N3O5Si. The molecule has 4 rings (SSSR count). The molecule has 4 heterocycles. The smallest absolute Gasteiger partial charge is 0.189 e. The van der Waals surface area contributed by atoms with Crippen LogP contribution in [-0.4, -0.2) is 65.9 Å². The van der Waals surface area contributed by atoms with Crippen LogP contribution >= 0.6 is 0 Å². The van der Waals surface area contributed by atoms with Gasteiger partial charge in [-0.05, 0) is 27.7 Å². The number of ether oxygens (including phenoxy) is 5. The lowest BCUT2D eigenvalue weighted by atomic mass is 10.0. The van der Waals surface area contributed by atoms with E-state index in [2.05, 4.69) is 30.0 Å². The lowest BCUT2D eigenvalue weighted by Gasteiger charge is -2.31. The summed E-state index contributed by atoms with van der Waals surface area (Å²) in [6.45, 7) is 14.9. The van der Waals surface area contributed by atoms with E-state index in [-0.39, 0.29) is 24.4 Å². The molecule has 0 aromatic carbocycles. The number of fused-ring (bicyclic) bond motifs is 1. The molecule has 0 N–H and O–H groups in total. The Kier molecular flexibility index (Phi) is 4.15. The maximum Gasteiger partial charge on any atom is 0.189 e. The predicted molar refractivity (Wildman–Crippen MR) is 95.6 cm³/mol. The van der Waals surface area contributed by atoms with E-state index in [0.717, 1.165) is 5.32 Å². The van der Waals surface area contributed by atoms with Crippen molar-refractivity contribution in [3.63, 3.8) is 0 Å². The van der Waals surface area contributed by atoms with Gasteiger partial charge in [0.25, 0.3) is 0 Å². The Morgan fingerprint density at radius 2 is 1.77 bits per heavy atom. The summed E-state index contributed by atoms with van der Waals surface area (Å²) in [5.74, 6) is -1.31. The molecule has 0 radical (unpaired) electrons. The van der Waals surface area contributed by atoms with Crippen molar-refractivity contribution in [1.29, 1.82) is 0 Å². The Balaban J connectivity index is 1.71. The average molecular weight is 384 g/mol. The molecule has 5 atom stereocenters. The van der Waals surface area contributed by atoms with Crippen molar-refractivity contribution in [2.24, 2.45) is 0 Å². The standard InChI is InChI=1S/C17H29N3O5Si/c1-16(2)21-9-10(23-16)13-12(14-15(22-13)25-17(3,4)24-14)20-11(8-18-19-20)26(5,6)7/h8,10,12-15H,9H2,1-7H3/t10-,12+,13-,14-,15-/m1/s1. The van der Waals surface area contributed by atoms with Crippen LogP contribution in [0.4, 0.5) is 0 Å². The van der Waals surface area contributed by atoms with Crippen LogP contribution in [0.3, 0.4) is 0 Å². The molecule has 0 aliphatic carbocycles. The van der Waals surface area contributed by atoms with Gasteiger partial charge in [-0.2, -0.15) is 0 Å². The fourth-order valence-corrected chi connectivity index (χ4v) is 5.31. The summed E-state index contributed by atoms with van der Waals surface area (Å²) in [4.78, 5) is 0. The van der Waals surface area contributed by atoms with Gasteiger partial charge in [-0.15, -0.1) is 5.10 Å². The SMILES string of the molecule is CC1(C)O[C@H]2O[C@H]([C@H]3COC(C)(C)O3)[C@H](n3nncc3[Si](C)(C)C)[C@H]2O1. The number of aromatic nitrogens is 3. The van der Waals surface area contributed by atoms with Crippen LogP contribution in [0.2, 0.25) is 19.6 Å². The van der Waals surface area contributed by atoms with Crippen molar-refractivity contribution >= 4 is 13.4 Å². The summed E-state index contributed by atoms with van der Waals surface area (Å²) in [5.41, 5.74) is 0. The maximum atomic E-state index is 6.28. The van der Waals surface area contributed by atoms with Crippen LogP contribution in [0.25, 0.3) is 0 Å². The van der Waals surface area contributed by atoms with Gasteiger partial charge in [0.1, 0.15) is 32.4 Å². The first-order chi connectivity index (χ1) is 12.0. The molecule has 26 heavy (non-hydrogen) atoms. The van der Waals surface area contributed by atoms with E-state index < -0.39 is 25.9 Å². The Morgan fingerprint density at radius 3 is 2.38 bits per heavy atom. The molecule has 3 saturated heterocycles. The summed E-state index contributed by atoms with van der Waals surface area (Å²) < 4.78 is 32.3. The molecular weight excluding hydrogens is 354 g/mol. The first-order valence-corrected chi connectivity index (χ1v) is 12.7. The van der Waals surface area contributed by atoms with Gasteiger partial charge in [0.2, 0.25) is 0 Å². The molecule has 0 amide bonds. The summed E-state index contributed by atoms with van der Waals surface area (Å²) >= 11 is 0. The van der Waals surface area contributed by atoms with Crippen LogP contribution in [0.5, 0.6) is 0 Å². The monoisotopic (exact) mass is 383 g/mol. The van der Waals surface area contributed by atoms with E-state index in [1.807, 2.05) is 38.6 Å². The highest BCUT2D eigenvalue weighted by molar-refractivity contribution is 6.88. The van der Waals surface area contributed by atoms with Gasteiger partial charge in [0.15, 0.2) is 17.9 Å². The molecule has 1 aromatic heterocycles. The minimum atomic E-state index is -1.66. The molecule has 146 valence electrons. The third kappa shape index (κ3) is 3.14. The highest BCUT2D eigenvalue weighted by atomic mass is 28.3.